The van der Waals surface area contributed by atoms with Crippen LogP contribution in [0.25, 0.3) is 16.7 Å². The second kappa shape index (κ2) is 7.38. The van der Waals surface area contributed by atoms with Crippen molar-refractivity contribution in [2.24, 2.45) is 0 Å². The molecule has 2 N–H and O–H groups in total. The van der Waals surface area contributed by atoms with Gasteiger partial charge in [-0.25, -0.2) is 4.79 Å². The number of phenols is 1. The minimum absolute atomic E-state index is 0.150. The number of halogens is 2. The topological polar surface area (TPSA) is 89.3 Å². The third-order valence-electron chi connectivity index (χ3n) is 3.81. The standard InChI is InChI=1S/C19H12Cl2N4O3/c20-11-1-4-13(5-2-11)22-19(27)28-14-6-8-17(18(26)10-14)25-23-15-7-3-12(21)9-16(15)24-25/h1-10,26H,(H,22,27). The highest BCUT2D eigenvalue weighted by Crippen LogP contribution is 2.27. The number of aromatic hydroxyl groups is 1. The molecule has 3 aromatic carbocycles. The average Bonchev–Trinajstić information content (AvgIpc) is 3.06. The van der Waals surface area contributed by atoms with Crippen LogP contribution >= 0.6 is 23.2 Å². The van der Waals surface area contributed by atoms with Crippen molar-refractivity contribution >= 4 is 46.0 Å². The first kappa shape index (κ1) is 18.1. The molecular weight excluding hydrogens is 403 g/mol. The van der Waals surface area contributed by atoms with Gasteiger partial charge in [0, 0.05) is 21.8 Å². The van der Waals surface area contributed by atoms with Gasteiger partial charge in [-0.3, -0.25) is 5.32 Å². The number of nitrogens with one attached hydrogen (secondary N) is 1. The summed E-state index contributed by atoms with van der Waals surface area (Å²) in [6.07, 6.45) is -0.702. The summed E-state index contributed by atoms with van der Waals surface area (Å²) in [4.78, 5) is 13.3. The number of nitrogens with zero attached hydrogens (tertiary/aromatic N) is 3. The zero-order valence-electron chi connectivity index (χ0n) is 14.1. The van der Waals surface area contributed by atoms with Crippen LogP contribution in [0.4, 0.5) is 10.5 Å². The van der Waals surface area contributed by atoms with Gasteiger partial charge in [0.25, 0.3) is 0 Å². The Hall–Kier alpha value is -3.29. The summed E-state index contributed by atoms with van der Waals surface area (Å²) in [5, 5.41) is 22.5. The molecule has 140 valence electrons. The molecule has 1 amide bonds. The van der Waals surface area contributed by atoms with Crippen LogP contribution in [0.1, 0.15) is 0 Å². The number of benzene rings is 3. The Morgan fingerprint density at radius 2 is 1.64 bits per heavy atom. The predicted octanol–water partition coefficient (Wildman–Crippen LogP) is 5.04. The molecule has 4 aromatic rings. The minimum Gasteiger partial charge on any atom is -0.505 e. The molecule has 7 nitrogen and oxygen atoms in total. The number of hydrogen-bond donors (Lipinski definition) is 2. The van der Waals surface area contributed by atoms with E-state index >= 15 is 0 Å². The number of hydrogen-bond acceptors (Lipinski definition) is 5. The molecule has 1 aromatic heterocycles. The SMILES string of the molecule is O=C(Nc1ccc(Cl)cc1)Oc1ccc(-n2nc3ccc(Cl)cc3n2)c(O)c1. The van der Waals surface area contributed by atoms with Crippen molar-refractivity contribution in [2.45, 2.75) is 0 Å². The fourth-order valence-corrected chi connectivity index (χ4v) is 2.81. The van der Waals surface area contributed by atoms with Gasteiger partial charge >= 0.3 is 6.09 Å². The van der Waals surface area contributed by atoms with Crippen molar-refractivity contribution in [3.63, 3.8) is 0 Å². The first-order valence-electron chi connectivity index (χ1n) is 8.08. The number of aromatic nitrogens is 3. The lowest BCUT2D eigenvalue weighted by Crippen LogP contribution is -2.16. The van der Waals surface area contributed by atoms with E-state index in [2.05, 4.69) is 15.5 Å². The zero-order valence-corrected chi connectivity index (χ0v) is 15.6. The van der Waals surface area contributed by atoms with Gasteiger partial charge in [-0.2, -0.15) is 0 Å². The molecular formula is C19H12Cl2N4O3. The van der Waals surface area contributed by atoms with Gasteiger partial charge < -0.3 is 9.84 Å². The van der Waals surface area contributed by atoms with Crippen LogP contribution in [0.5, 0.6) is 11.5 Å². The molecule has 28 heavy (non-hydrogen) atoms. The molecule has 0 saturated carbocycles. The molecule has 0 bridgehead atoms. The lowest BCUT2D eigenvalue weighted by Gasteiger charge is -2.08. The highest BCUT2D eigenvalue weighted by atomic mass is 35.5. The largest absolute Gasteiger partial charge is 0.505 e. The highest BCUT2D eigenvalue weighted by Gasteiger charge is 2.12. The number of anilines is 1. The second-order valence-electron chi connectivity index (χ2n) is 5.79. The molecule has 0 aliphatic carbocycles. The van der Waals surface area contributed by atoms with E-state index in [1.165, 1.54) is 16.9 Å². The summed E-state index contributed by atoms with van der Waals surface area (Å²) in [6.45, 7) is 0. The zero-order chi connectivity index (χ0) is 19.7. The monoisotopic (exact) mass is 414 g/mol. The van der Waals surface area contributed by atoms with Gasteiger partial charge in [-0.1, -0.05) is 23.2 Å². The summed E-state index contributed by atoms with van der Waals surface area (Å²) in [7, 11) is 0. The highest BCUT2D eigenvalue weighted by molar-refractivity contribution is 6.31. The van der Waals surface area contributed by atoms with Gasteiger partial charge in [0.15, 0.2) is 0 Å². The van der Waals surface area contributed by atoms with Crippen molar-refractivity contribution in [1.29, 1.82) is 0 Å². The normalized spacial score (nSPS) is 10.8. The lowest BCUT2D eigenvalue weighted by atomic mass is 10.3. The molecule has 0 spiro atoms. The number of carbonyl (C=O) groups excluding carboxylic acids is 1. The Morgan fingerprint density at radius 3 is 2.39 bits per heavy atom. The Labute approximate surface area is 169 Å². The van der Waals surface area contributed by atoms with Crippen molar-refractivity contribution in [1.82, 2.24) is 15.0 Å². The van der Waals surface area contributed by atoms with Crippen molar-refractivity contribution < 1.29 is 14.6 Å². The van der Waals surface area contributed by atoms with Crippen molar-refractivity contribution in [3.8, 4) is 17.2 Å². The number of phenolic OH excluding ortho intramolecular Hbond substituents is 1. The number of rotatable bonds is 3. The van der Waals surface area contributed by atoms with Gasteiger partial charge in [0.05, 0.1) is 0 Å². The lowest BCUT2D eigenvalue weighted by molar-refractivity contribution is 0.215. The van der Waals surface area contributed by atoms with Gasteiger partial charge in [-0.05, 0) is 54.6 Å². The Kier molecular flexibility index (Phi) is 4.77. The fourth-order valence-electron chi connectivity index (χ4n) is 2.51. The molecule has 0 aliphatic rings. The molecule has 4 rings (SSSR count). The van der Waals surface area contributed by atoms with E-state index in [0.717, 1.165) is 0 Å². The van der Waals surface area contributed by atoms with Gasteiger partial charge in [0.1, 0.15) is 28.2 Å². The molecule has 0 fully saturated rings. The fraction of sp³-hybridized carbons (Fsp3) is 0. The Balaban J connectivity index is 1.52. The molecule has 0 atom stereocenters. The van der Waals surface area contributed by atoms with Gasteiger partial charge in [0.2, 0.25) is 0 Å². The summed E-state index contributed by atoms with van der Waals surface area (Å²) in [6, 6.07) is 16.1. The van der Waals surface area contributed by atoms with E-state index in [1.54, 1.807) is 48.5 Å². The van der Waals surface area contributed by atoms with E-state index in [1.807, 2.05) is 0 Å². The maximum absolute atomic E-state index is 12.0. The van der Waals surface area contributed by atoms with Crippen molar-refractivity contribution in [3.05, 3.63) is 70.7 Å². The molecule has 0 radical (unpaired) electrons. The van der Waals surface area contributed by atoms with Crippen LogP contribution in [-0.2, 0) is 0 Å². The van der Waals surface area contributed by atoms with Crippen LogP contribution in [0.15, 0.2) is 60.7 Å². The second-order valence-corrected chi connectivity index (χ2v) is 6.67. The Morgan fingerprint density at radius 1 is 0.929 bits per heavy atom. The third-order valence-corrected chi connectivity index (χ3v) is 4.29. The molecule has 0 aliphatic heterocycles. The summed E-state index contributed by atoms with van der Waals surface area (Å²) >= 11 is 11.8. The number of fused-ring (bicyclic) bond motifs is 1. The van der Waals surface area contributed by atoms with Crippen LogP contribution in [0.2, 0.25) is 10.0 Å². The molecule has 0 saturated heterocycles. The van der Waals surface area contributed by atoms with Gasteiger partial charge in [-0.15, -0.1) is 15.0 Å². The van der Waals surface area contributed by atoms with Crippen LogP contribution in [-0.4, -0.2) is 26.2 Å². The number of carbonyl (C=O) groups is 1. The smallest absolute Gasteiger partial charge is 0.417 e. The Bertz CT molecular complexity index is 1180. The summed E-state index contributed by atoms with van der Waals surface area (Å²) < 4.78 is 5.18. The minimum atomic E-state index is -0.702. The maximum atomic E-state index is 12.0. The molecule has 0 unspecified atom stereocenters. The van der Waals surface area contributed by atoms with Crippen LogP contribution in [0, 0.1) is 0 Å². The van der Waals surface area contributed by atoms with Crippen LogP contribution in [0.3, 0.4) is 0 Å². The number of ether oxygens (including phenoxy) is 1. The molecule has 1 heterocycles. The average molecular weight is 415 g/mol. The third kappa shape index (κ3) is 3.85. The number of amides is 1. The van der Waals surface area contributed by atoms with E-state index in [-0.39, 0.29) is 11.5 Å². The van der Waals surface area contributed by atoms with E-state index in [0.29, 0.717) is 32.5 Å². The van der Waals surface area contributed by atoms with Crippen molar-refractivity contribution in [2.75, 3.05) is 5.32 Å². The maximum Gasteiger partial charge on any atom is 0.417 e. The quantitative estimate of drug-likeness (QED) is 0.489. The summed E-state index contributed by atoms with van der Waals surface area (Å²) in [5.74, 6) is 0.00988. The van der Waals surface area contributed by atoms with E-state index in [4.69, 9.17) is 27.9 Å². The van der Waals surface area contributed by atoms with E-state index < -0.39 is 6.09 Å². The van der Waals surface area contributed by atoms with E-state index in [9.17, 15) is 9.90 Å². The molecule has 9 heteroatoms. The van der Waals surface area contributed by atoms with Crippen LogP contribution < -0.4 is 10.1 Å². The first-order valence-corrected chi connectivity index (χ1v) is 8.84. The summed E-state index contributed by atoms with van der Waals surface area (Å²) in [5.41, 5.74) is 2.08. The first-order chi connectivity index (χ1) is 13.5. The predicted molar refractivity (Wildman–Crippen MR) is 107 cm³/mol.